The summed E-state index contributed by atoms with van der Waals surface area (Å²) in [7, 11) is 0. The molecule has 14 heavy (non-hydrogen) atoms. The summed E-state index contributed by atoms with van der Waals surface area (Å²) in [4.78, 5) is 0. The van der Waals surface area contributed by atoms with Crippen molar-refractivity contribution in [1.82, 2.24) is 0 Å². The van der Waals surface area contributed by atoms with Gasteiger partial charge in [0.25, 0.3) is 0 Å². The van der Waals surface area contributed by atoms with Crippen molar-refractivity contribution in [3.63, 3.8) is 0 Å². The molecular weight excluding hydrogens is 260 g/mol. The topological polar surface area (TPSA) is 49.8 Å². The lowest BCUT2D eigenvalue weighted by atomic mass is 10.1. The molecular formula is C10H7BrN2S. The van der Waals surface area contributed by atoms with Crippen LogP contribution >= 0.6 is 27.3 Å². The predicted octanol–water partition coefficient (Wildman–Crippen LogP) is 3.31. The van der Waals surface area contributed by atoms with Gasteiger partial charge in [0, 0.05) is 0 Å². The summed E-state index contributed by atoms with van der Waals surface area (Å²) in [5, 5.41) is 11.8. The van der Waals surface area contributed by atoms with Crippen LogP contribution in [0.2, 0.25) is 0 Å². The average Bonchev–Trinajstić information content (AvgIpc) is 2.62. The number of hydrogen-bond donors (Lipinski definition) is 1. The molecule has 0 atom stereocenters. The molecule has 0 saturated carbocycles. The van der Waals surface area contributed by atoms with Crippen LogP contribution in [0.3, 0.4) is 0 Å². The van der Waals surface area contributed by atoms with E-state index in [1.807, 2.05) is 17.5 Å². The van der Waals surface area contributed by atoms with Crippen molar-refractivity contribution in [2.24, 2.45) is 0 Å². The van der Waals surface area contributed by atoms with Crippen molar-refractivity contribution >= 4 is 43.0 Å². The summed E-state index contributed by atoms with van der Waals surface area (Å²) in [5.41, 5.74) is 7.48. The third-order valence-corrected chi connectivity index (χ3v) is 4.11. The normalized spacial score (nSPS) is 10.3. The van der Waals surface area contributed by atoms with E-state index in [1.165, 1.54) is 0 Å². The van der Waals surface area contributed by atoms with E-state index in [0.29, 0.717) is 12.1 Å². The number of fused-ring (bicyclic) bond motifs is 1. The van der Waals surface area contributed by atoms with Crippen LogP contribution in [0.4, 0.5) is 5.69 Å². The first-order chi connectivity index (χ1) is 6.74. The Kier molecular flexibility index (Phi) is 2.44. The molecule has 1 heterocycles. The summed E-state index contributed by atoms with van der Waals surface area (Å²) < 4.78 is 2.06. The van der Waals surface area contributed by atoms with E-state index in [1.54, 1.807) is 11.3 Å². The first-order valence-electron chi connectivity index (χ1n) is 4.05. The zero-order valence-electron chi connectivity index (χ0n) is 7.25. The first-order valence-corrected chi connectivity index (χ1v) is 5.72. The van der Waals surface area contributed by atoms with E-state index in [2.05, 4.69) is 22.0 Å². The van der Waals surface area contributed by atoms with Gasteiger partial charge in [0.05, 0.1) is 27.4 Å². The van der Waals surface area contributed by atoms with E-state index in [-0.39, 0.29) is 0 Å². The van der Waals surface area contributed by atoms with Crippen LogP contribution in [0.1, 0.15) is 5.56 Å². The number of thiophene rings is 1. The maximum Gasteiger partial charge on any atom is 0.0670 e. The van der Waals surface area contributed by atoms with Gasteiger partial charge in [-0.05, 0) is 44.4 Å². The summed E-state index contributed by atoms with van der Waals surface area (Å²) in [6, 6.07) is 6.13. The third kappa shape index (κ3) is 1.39. The Labute approximate surface area is 94.1 Å². The monoisotopic (exact) mass is 266 g/mol. The highest BCUT2D eigenvalue weighted by molar-refractivity contribution is 9.10. The van der Waals surface area contributed by atoms with Gasteiger partial charge in [-0.2, -0.15) is 5.26 Å². The van der Waals surface area contributed by atoms with Gasteiger partial charge in [0.15, 0.2) is 0 Å². The second-order valence-corrected chi connectivity index (χ2v) is 4.65. The lowest BCUT2D eigenvalue weighted by molar-refractivity contribution is 1.27. The molecule has 0 aliphatic rings. The minimum atomic E-state index is 0.357. The molecule has 2 nitrogen and oxygen atoms in total. The van der Waals surface area contributed by atoms with Crippen molar-refractivity contribution in [2.75, 3.05) is 5.73 Å². The molecule has 0 aliphatic carbocycles. The van der Waals surface area contributed by atoms with Gasteiger partial charge in [-0.15, -0.1) is 11.3 Å². The van der Waals surface area contributed by atoms with Crippen LogP contribution in [0, 0.1) is 11.3 Å². The molecule has 70 valence electrons. The van der Waals surface area contributed by atoms with Crippen molar-refractivity contribution in [2.45, 2.75) is 6.42 Å². The van der Waals surface area contributed by atoms with Crippen LogP contribution in [0.5, 0.6) is 0 Å². The minimum absolute atomic E-state index is 0.357. The Hall–Kier alpha value is -1.05. The summed E-state index contributed by atoms with van der Waals surface area (Å²) >= 11 is 5.10. The largest absolute Gasteiger partial charge is 0.398 e. The number of nitrogens with two attached hydrogens (primary N) is 1. The Bertz CT molecular complexity index is 525. The van der Waals surface area contributed by atoms with Crippen molar-refractivity contribution < 1.29 is 0 Å². The number of hydrogen-bond acceptors (Lipinski definition) is 3. The number of benzene rings is 1. The molecule has 0 bridgehead atoms. The minimum Gasteiger partial charge on any atom is -0.398 e. The average molecular weight is 267 g/mol. The molecule has 0 spiro atoms. The summed E-state index contributed by atoms with van der Waals surface area (Å²) in [5.74, 6) is 0. The van der Waals surface area contributed by atoms with Crippen LogP contribution in [-0.4, -0.2) is 0 Å². The number of nitrogens with zero attached hydrogens (tertiary/aromatic N) is 1. The fourth-order valence-electron chi connectivity index (χ4n) is 1.37. The molecule has 0 amide bonds. The Morgan fingerprint density at radius 2 is 2.36 bits per heavy atom. The van der Waals surface area contributed by atoms with E-state index < -0.39 is 0 Å². The highest BCUT2D eigenvalue weighted by atomic mass is 79.9. The number of nitriles is 1. The molecule has 2 aromatic rings. The van der Waals surface area contributed by atoms with Crippen molar-refractivity contribution in [3.8, 4) is 6.07 Å². The van der Waals surface area contributed by atoms with Crippen LogP contribution in [-0.2, 0) is 6.42 Å². The molecule has 0 aliphatic heterocycles. The zero-order chi connectivity index (χ0) is 10.1. The second kappa shape index (κ2) is 3.60. The lowest BCUT2D eigenvalue weighted by Gasteiger charge is -2.05. The molecule has 2 rings (SSSR count). The van der Waals surface area contributed by atoms with Crippen LogP contribution in [0.15, 0.2) is 22.0 Å². The molecule has 1 aromatic heterocycles. The fourth-order valence-corrected chi connectivity index (χ4v) is 2.96. The Balaban J connectivity index is 2.75. The number of rotatable bonds is 1. The van der Waals surface area contributed by atoms with Crippen LogP contribution in [0.25, 0.3) is 10.1 Å². The van der Waals surface area contributed by atoms with Gasteiger partial charge in [-0.25, -0.2) is 0 Å². The maximum atomic E-state index is 8.64. The second-order valence-electron chi connectivity index (χ2n) is 2.94. The highest BCUT2D eigenvalue weighted by Gasteiger charge is 2.09. The number of anilines is 1. The van der Waals surface area contributed by atoms with E-state index >= 15 is 0 Å². The molecule has 0 unspecified atom stereocenters. The van der Waals surface area contributed by atoms with E-state index in [9.17, 15) is 0 Å². The molecule has 0 saturated heterocycles. The zero-order valence-corrected chi connectivity index (χ0v) is 9.65. The Morgan fingerprint density at radius 1 is 1.57 bits per heavy atom. The maximum absolute atomic E-state index is 8.64. The van der Waals surface area contributed by atoms with Crippen LogP contribution < -0.4 is 5.73 Å². The molecule has 0 radical (unpaired) electrons. The summed E-state index contributed by atoms with van der Waals surface area (Å²) in [6.45, 7) is 0. The van der Waals surface area contributed by atoms with Gasteiger partial charge in [-0.3, -0.25) is 0 Å². The summed E-state index contributed by atoms with van der Waals surface area (Å²) in [6.07, 6.45) is 0.357. The predicted molar refractivity (Wildman–Crippen MR) is 63.3 cm³/mol. The van der Waals surface area contributed by atoms with Crippen molar-refractivity contribution in [3.05, 3.63) is 27.5 Å². The fraction of sp³-hybridized carbons (Fsp3) is 0.100. The molecule has 1 aromatic carbocycles. The number of nitrogen functional groups attached to an aromatic ring is 1. The molecule has 2 N–H and O–H groups in total. The van der Waals surface area contributed by atoms with E-state index in [4.69, 9.17) is 11.0 Å². The van der Waals surface area contributed by atoms with Gasteiger partial charge < -0.3 is 5.73 Å². The quantitative estimate of drug-likeness (QED) is 0.806. The molecule has 0 fully saturated rings. The standard InChI is InChI=1S/C10H7BrN2S/c11-8-9(13)6(1-3-12)5-7-2-4-14-10(7)8/h2,4-5H,1,13H2. The van der Waals surface area contributed by atoms with E-state index in [0.717, 1.165) is 20.1 Å². The van der Waals surface area contributed by atoms with Gasteiger partial charge in [0.1, 0.15) is 0 Å². The smallest absolute Gasteiger partial charge is 0.0670 e. The first kappa shape index (κ1) is 9.50. The number of halogens is 1. The van der Waals surface area contributed by atoms with Crippen molar-refractivity contribution in [1.29, 1.82) is 5.26 Å². The lowest BCUT2D eigenvalue weighted by Crippen LogP contribution is -1.94. The highest BCUT2D eigenvalue weighted by Crippen LogP contribution is 2.36. The SMILES string of the molecule is N#CCc1cc2ccsc2c(Br)c1N. The van der Waals surface area contributed by atoms with Gasteiger partial charge in [-0.1, -0.05) is 0 Å². The Morgan fingerprint density at radius 3 is 3.07 bits per heavy atom. The van der Waals surface area contributed by atoms with Gasteiger partial charge >= 0.3 is 0 Å². The molecule has 4 heteroatoms. The van der Waals surface area contributed by atoms with Gasteiger partial charge in [0.2, 0.25) is 0 Å². The third-order valence-electron chi connectivity index (χ3n) is 2.08.